The predicted octanol–water partition coefficient (Wildman–Crippen LogP) is 4.42. The number of esters is 1. The number of methoxy groups -OCH3 is 1. The standard InChI is InChI=1S/C36H48BrN5O7/c1-48-34(45)30-8-4-5-16-41(30)26-12-17-39(18-13-26)33(44)32(23-24-9-10-31(43)28(37)22-24)49-36(47)40-19-14-27(15-20-40)42-21-11-25-6-2-3-7-29(25)38-35(42)46/h2-3,6-7,9,22,26-27,30-32,43H,4-5,8,10-21,23H2,1H3,(H,38,46)/t30-,31?,32+/m0/s1. The molecule has 3 saturated heterocycles. The van der Waals surface area contributed by atoms with Crippen molar-refractivity contribution in [1.82, 2.24) is 19.6 Å². The van der Waals surface area contributed by atoms with Crippen molar-refractivity contribution >= 4 is 45.6 Å². The smallest absolute Gasteiger partial charge is 0.410 e. The van der Waals surface area contributed by atoms with E-state index in [2.05, 4.69) is 26.1 Å². The van der Waals surface area contributed by atoms with Crippen molar-refractivity contribution in [2.75, 3.05) is 51.7 Å². The summed E-state index contributed by atoms with van der Waals surface area (Å²) in [5.74, 6) is -0.429. The zero-order chi connectivity index (χ0) is 34.5. The van der Waals surface area contributed by atoms with Gasteiger partial charge in [-0.05, 0) is 81.2 Å². The zero-order valence-corrected chi connectivity index (χ0v) is 29.8. The lowest BCUT2D eigenvalue weighted by Gasteiger charge is -2.44. The number of carbonyl (C=O) groups excluding carboxylic acids is 4. The lowest BCUT2D eigenvalue weighted by molar-refractivity contribution is -0.151. The van der Waals surface area contributed by atoms with E-state index in [1.165, 1.54) is 7.11 Å². The Kier molecular flexibility index (Phi) is 11.6. The van der Waals surface area contributed by atoms with Crippen LogP contribution in [-0.2, 0) is 25.5 Å². The highest BCUT2D eigenvalue weighted by Crippen LogP contribution is 2.30. The Balaban J connectivity index is 1.07. The second-order valence-corrected chi connectivity index (χ2v) is 14.6. The summed E-state index contributed by atoms with van der Waals surface area (Å²) in [4.78, 5) is 60.8. The minimum atomic E-state index is -1.02. The van der Waals surface area contributed by atoms with Crippen LogP contribution in [0.2, 0.25) is 0 Å². The first-order chi connectivity index (χ1) is 23.7. The molecule has 5 aliphatic rings. The van der Waals surface area contributed by atoms with E-state index in [-0.39, 0.29) is 42.5 Å². The summed E-state index contributed by atoms with van der Waals surface area (Å²) < 4.78 is 11.7. The molecule has 1 aromatic carbocycles. The number of nitrogens with one attached hydrogen (secondary N) is 1. The van der Waals surface area contributed by atoms with E-state index < -0.39 is 18.3 Å². The van der Waals surface area contributed by atoms with Crippen LogP contribution in [0.3, 0.4) is 0 Å². The molecule has 12 nitrogen and oxygen atoms in total. The Hall–Kier alpha value is -3.42. The van der Waals surface area contributed by atoms with Crippen molar-refractivity contribution in [3.63, 3.8) is 0 Å². The number of rotatable bonds is 7. The number of likely N-dealkylation sites (tertiary alicyclic amines) is 3. The van der Waals surface area contributed by atoms with E-state index in [9.17, 15) is 24.3 Å². The lowest BCUT2D eigenvalue weighted by atomic mass is 9.94. The van der Waals surface area contributed by atoms with Crippen LogP contribution in [0.15, 0.2) is 46.5 Å². The average molecular weight is 743 g/mol. The van der Waals surface area contributed by atoms with Gasteiger partial charge >= 0.3 is 18.1 Å². The quantitative estimate of drug-likeness (QED) is 0.393. The molecule has 4 heterocycles. The topological polar surface area (TPSA) is 132 Å². The minimum absolute atomic E-state index is 0.00270. The van der Waals surface area contributed by atoms with Crippen LogP contribution < -0.4 is 5.32 Å². The fourth-order valence-corrected chi connectivity index (χ4v) is 8.42. The first-order valence-electron chi connectivity index (χ1n) is 17.7. The molecule has 3 atom stereocenters. The SMILES string of the molecule is COC(=O)[C@@H]1CCCCN1C1CCN(C(=O)[C@@H](CC2=CCC(O)C(Br)=C2)OC(=O)N2CCC(N3CCc4ccccc4NC3=O)CC2)CC1. The second-order valence-electron chi connectivity index (χ2n) is 13.7. The minimum Gasteiger partial charge on any atom is -0.468 e. The number of halogens is 1. The summed E-state index contributed by atoms with van der Waals surface area (Å²) in [5, 5.41) is 13.2. The van der Waals surface area contributed by atoms with Crippen molar-refractivity contribution in [3.05, 3.63) is 52.0 Å². The number of allylic oxidation sites excluding steroid dienone is 1. The van der Waals surface area contributed by atoms with E-state index in [1.54, 1.807) is 15.9 Å². The number of nitrogens with zero attached hydrogens (tertiary/aromatic N) is 4. The molecule has 0 aromatic heterocycles. The maximum absolute atomic E-state index is 14.0. The molecule has 0 radical (unpaired) electrons. The second kappa shape index (κ2) is 16.1. The molecule has 266 valence electrons. The van der Waals surface area contributed by atoms with Crippen molar-refractivity contribution in [3.8, 4) is 0 Å². The van der Waals surface area contributed by atoms with Crippen LogP contribution in [0.25, 0.3) is 0 Å². The monoisotopic (exact) mass is 741 g/mol. The van der Waals surface area contributed by atoms with Gasteiger partial charge in [0.2, 0.25) is 0 Å². The van der Waals surface area contributed by atoms with Crippen LogP contribution >= 0.6 is 15.9 Å². The van der Waals surface area contributed by atoms with E-state index in [0.29, 0.717) is 56.5 Å². The molecule has 2 N–H and O–H groups in total. The third-order valence-corrected chi connectivity index (χ3v) is 11.5. The normalized spacial score (nSPS) is 25.0. The number of anilines is 1. The number of para-hydroxylation sites is 1. The number of benzene rings is 1. The number of hydrogen-bond acceptors (Lipinski definition) is 8. The molecule has 1 aromatic rings. The molecule has 13 heteroatoms. The maximum atomic E-state index is 14.0. The Bertz CT molecular complexity index is 1450. The van der Waals surface area contributed by atoms with Gasteiger partial charge < -0.3 is 34.6 Å². The highest BCUT2D eigenvalue weighted by Gasteiger charge is 2.39. The zero-order valence-electron chi connectivity index (χ0n) is 28.2. The summed E-state index contributed by atoms with van der Waals surface area (Å²) >= 11 is 3.42. The van der Waals surface area contributed by atoms with E-state index in [0.717, 1.165) is 61.9 Å². The number of hydrogen-bond donors (Lipinski definition) is 2. The van der Waals surface area contributed by atoms with Gasteiger partial charge in [0, 0.05) is 61.4 Å². The molecule has 0 saturated carbocycles. The number of amides is 4. The Morgan fingerprint density at radius 3 is 2.41 bits per heavy atom. The molecule has 3 fully saturated rings. The van der Waals surface area contributed by atoms with Gasteiger partial charge in [-0.25, -0.2) is 9.59 Å². The maximum Gasteiger partial charge on any atom is 0.410 e. The number of aliphatic hydroxyl groups excluding tert-OH is 1. The molecule has 49 heavy (non-hydrogen) atoms. The van der Waals surface area contributed by atoms with E-state index in [4.69, 9.17) is 9.47 Å². The van der Waals surface area contributed by atoms with Gasteiger partial charge in [-0.3, -0.25) is 14.5 Å². The average Bonchev–Trinajstić information content (AvgIpc) is 3.30. The van der Waals surface area contributed by atoms with Crippen molar-refractivity contribution in [1.29, 1.82) is 0 Å². The third-order valence-electron chi connectivity index (χ3n) is 10.8. The highest BCUT2D eigenvalue weighted by atomic mass is 79.9. The largest absolute Gasteiger partial charge is 0.468 e. The highest BCUT2D eigenvalue weighted by molar-refractivity contribution is 9.11. The summed E-state index contributed by atoms with van der Waals surface area (Å²) in [7, 11) is 1.43. The van der Waals surface area contributed by atoms with Crippen molar-refractivity contribution in [2.45, 2.75) is 94.5 Å². The molecule has 0 bridgehead atoms. The summed E-state index contributed by atoms with van der Waals surface area (Å²) in [6.45, 7) is 3.30. The molecule has 4 amide bonds. The fraction of sp³-hybridized carbons (Fsp3) is 0.611. The molecule has 4 aliphatic heterocycles. The Morgan fingerprint density at radius 1 is 0.959 bits per heavy atom. The predicted molar refractivity (Wildman–Crippen MR) is 187 cm³/mol. The van der Waals surface area contributed by atoms with Gasteiger partial charge in [-0.1, -0.05) is 46.6 Å². The summed E-state index contributed by atoms with van der Waals surface area (Å²) in [5.41, 5.74) is 2.78. The van der Waals surface area contributed by atoms with Crippen molar-refractivity contribution < 1.29 is 33.8 Å². The van der Waals surface area contributed by atoms with Gasteiger partial charge in [0.25, 0.3) is 5.91 Å². The number of urea groups is 1. The molecule has 1 aliphatic carbocycles. The fourth-order valence-electron chi connectivity index (χ4n) is 7.94. The van der Waals surface area contributed by atoms with E-state index >= 15 is 0 Å². The molecule has 6 rings (SSSR count). The summed E-state index contributed by atoms with van der Waals surface area (Å²) in [6, 6.07) is 7.66. The van der Waals surface area contributed by atoms with Gasteiger partial charge in [0.05, 0.1) is 13.2 Å². The third kappa shape index (κ3) is 8.32. The van der Waals surface area contributed by atoms with Crippen molar-refractivity contribution in [2.24, 2.45) is 0 Å². The number of ether oxygens (including phenoxy) is 2. The van der Waals surface area contributed by atoms with Gasteiger partial charge in [-0.15, -0.1) is 0 Å². The van der Waals surface area contributed by atoms with Crippen LogP contribution in [0.5, 0.6) is 0 Å². The van der Waals surface area contributed by atoms with Gasteiger partial charge in [0.15, 0.2) is 6.10 Å². The molecular weight excluding hydrogens is 694 g/mol. The number of carbonyl (C=O) groups is 4. The molecule has 1 unspecified atom stereocenters. The number of fused-ring (bicyclic) bond motifs is 1. The lowest BCUT2D eigenvalue weighted by Crippen LogP contribution is -2.55. The molecule has 0 spiro atoms. The van der Waals surface area contributed by atoms with Crippen LogP contribution in [0.1, 0.15) is 63.4 Å². The van der Waals surface area contributed by atoms with E-state index in [1.807, 2.05) is 35.2 Å². The van der Waals surface area contributed by atoms with Crippen LogP contribution in [-0.4, -0.2) is 125 Å². The van der Waals surface area contributed by atoms with Crippen LogP contribution in [0.4, 0.5) is 15.3 Å². The molecular formula is C36H48BrN5O7. The van der Waals surface area contributed by atoms with Crippen LogP contribution in [0, 0.1) is 0 Å². The first-order valence-corrected chi connectivity index (χ1v) is 18.5. The Labute approximate surface area is 296 Å². The number of piperidine rings is 3. The summed E-state index contributed by atoms with van der Waals surface area (Å²) in [6.07, 6.45) is 8.37. The number of aliphatic hydroxyl groups is 1. The first kappa shape index (κ1) is 35.4. The Morgan fingerprint density at radius 2 is 1.67 bits per heavy atom. The van der Waals surface area contributed by atoms with Gasteiger partial charge in [-0.2, -0.15) is 0 Å². The van der Waals surface area contributed by atoms with Gasteiger partial charge in [0.1, 0.15) is 6.04 Å².